The molecule has 0 fully saturated rings. The summed E-state index contributed by atoms with van der Waals surface area (Å²) in [5.74, 6) is -0.0453. The molecule has 0 bridgehead atoms. The Labute approximate surface area is 242 Å². The lowest BCUT2D eigenvalue weighted by Crippen LogP contribution is -2.42. The first kappa shape index (κ1) is 30.3. The fourth-order valence-corrected chi connectivity index (χ4v) is 5.69. The molecule has 0 spiro atoms. The number of hydrogen-bond acceptors (Lipinski definition) is 5. The normalized spacial score (nSPS) is 12.8. The first-order chi connectivity index (χ1) is 19.6. The van der Waals surface area contributed by atoms with Crippen molar-refractivity contribution in [2.45, 2.75) is 63.1 Å². The van der Waals surface area contributed by atoms with Gasteiger partial charge in [0.2, 0.25) is 0 Å². The second kappa shape index (κ2) is 13.3. The highest BCUT2D eigenvalue weighted by molar-refractivity contribution is 7.92. The highest BCUT2D eigenvalue weighted by Crippen LogP contribution is 2.23. The van der Waals surface area contributed by atoms with Crippen LogP contribution in [0.15, 0.2) is 90.0 Å². The van der Waals surface area contributed by atoms with E-state index in [9.17, 15) is 18.3 Å². The lowest BCUT2D eigenvalue weighted by Gasteiger charge is -2.28. The summed E-state index contributed by atoms with van der Waals surface area (Å²) in [7, 11) is -3.72. The van der Waals surface area contributed by atoms with Gasteiger partial charge in [0.05, 0.1) is 11.0 Å². The van der Waals surface area contributed by atoms with Crippen LogP contribution in [0.25, 0.3) is 10.9 Å². The van der Waals surface area contributed by atoms with E-state index in [0.717, 1.165) is 36.7 Å². The molecule has 4 aromatic rings. The predicted octanol–water partition coefficient (Wildman–Crippen LogP) is 5.46. The minimum absolute atomic E-state index is 0.0453. The van der Waals surface area contributed by atoms with E-state index in [1.807, 2.05) is 30.5 Å². The van der Waals surface area contributed by atoms with Crippen LogP contribution >= 0.6 is 0 Å². The molecule has 0 saturated heterocycles. The zero-order valence-electron chi connectivity index (χ0n) is 23.9. The summed E-state index contributed by atoms with van der Waals surface area (Å²) < 4.78 is 30.1. The second-order valence-corrected chi connectivity index (χ2v) is 12.6. The number of β-amino-alcohol motifs (C(OH)–C–C–N with tert-alkyl or cyclic N) is 1. The number of aryl methyl sites for hydroxylation is 1. The Bertz CT molecular complexity index is 1570. The third-order valence-corrected chi connectivity index (χ3v) is 8.58. The number of hydrogen-bond donors (Lipinski definition) is 4. The minimum atomic E-state index is -3.72. The molecule has 1 heterocycles. The lowest BCUT2D eigenvalue weighted by molar-refractivity contribution is 0.0953. The number of nitrogens with one attached hydrogen (secondary N) is 3. The van der Waals surface area contributed by atoms with E-state index in [-0.39, 0.29) is 16.3 Å². The zero-order chi connectivity index (χ0) is 29.5. The van der Waals surface area contributed by atoms with Gasteiger partial charge in [-0.3, -0.25) is 9.52 Å². The number of aliphatic hydroxyl groups excluding tert-OH is 1. The van der Waals surface area contributed by atoms with Crippen molar-refractivity contribution in [1.82, 2.24) is 15.2 Å². The van der Waals surface area contributed by atoms with E-state index < -0.39 is 16.1 Å². The number of benzene rings is 3. The molecule has 0 aliphatic rings. The van der Waals surface area contributed by atoms with Gasteiger partial charge in [0.25, 0.3) is 15.9 Å². The molecule has 0 radical (unpaired) electrons. The summed E-state index contributed by atoms with van der Waals surface area (Å²) >= 11 is 0. The quantitative estimate of drug-likeness (QED) is 0.149. The van der Waals surface area contributed by atoms with Crippen molar-refractivity contribution in [2.75, 3.05) is 17.8 Å². The molecule has 4 N–H and O–H groups in total. The molecular weight excluding hydrogens is 536 g/mol. The SMILES string of the molecule is CCCCNC(=O)c1ccc2c(ccn2CCC(C)(C)NC[C@H](O)c2cccc(NS(=O)(=O)c3ccccc3)c2)c1. The summed E-state index contributed by atoms with van der Waals surface area (Å²) in [6.07, 6.45) is 4.03. The van der Waals surface area contributed by atoms with Crippen molar-refractivity contribution in [3.05, 3.63) is 96.2 Å². The molecule has 1 aromatic heterocycles. The molecule has 0 aliphatic carbocycles. The topological polar surface area (TPSA) is 112 Å². The molecule has 0 aliphatic heterocycles. The average molecular weight is 577 g/mol. The monoisotopic (exact) mass is 576 g/mol. The van der Waals surface area contributed by atoms with Crippen molar-refractivity contribution < 1.29 is 18.3 Å². The molecule has 1 amide bonds. The number of nitrogens with zero attached hydrogens (tertiary/aromatic N) is 1. The number of unbranched alkanes of at least 4 members (excludes halogenated alkanes) is 1. The maximum atomic E-state index is 12.7. The van der Waals surface area contributed by atoms with Gasteiger partial charge in [-0.15, -0.1) is 0 Å². The molecule has 41 heavy (non-hydrogen) atoms. The van der Waals surface area contributed by atoms with E-state index in [2.05, 4.69) is 40.7 Å². The fourth-order valence-electron chi connectivity index (χ4n) is 4.62. The van der Waals surface area contributed by atoms with Crippen molar-refractivity contribution >= 4 is 32.5 Å². The van der Waals surface area contributed by atoms with Crippen molar-refractivity contribution in [3.8, 4) is 0 Å². The van der Waals surface area contributed by atoms with E-state index in [4.69, 9.17) is 0 Å². The number of aromatic nitrogens is 1. The number of aliphatic hydroxyl groups is 1. The van der Waals surface area contributed by atoms with Crippen LogP contribution in [0.2, 0.25) is 0 Å². The van der Waals surface area contributed by atoms with Gasteiger partial charge < -0.3 is 20.3 Å². The van der Waals surface area contributed by atoms with E-state index in [0.29, 0.717) is 29.9 Å². The van der Waals surface area contributed by atoms with Crippen LogP contribution in [-0.4, -0.2) is 42.6 Å². The van der Waals surface area contributed by atoms with E-state index in [1.54, 1.807) is 42.5 Å². The average Bonchev–Trinajstić information content (AvgIpc) is 3.38. The Morgan fingerprint density at radius 2 is 1.78 bits per heavy atom. The largest absolute Gasteiger partial charge is 0.387 e. The molecule has 3 aromatic carbocycles. The molecule has 218 valence electrons. The van der Waals surface area contributed by atoms with E-state index in [1.165, 1.54) is 12.1 Å². The first-order valence-corrected chi connectivity index (χ1v) is 15.5. The Morgan fingerprint density at radius 1 is 1.00 bits per heavy atom. The van der Waals surface area contributed by atoms with Gasteiger partial charge in [-0.05, 0) is 80.8 Å². The van der Waals surface area contributed by atoms with Crippen LogP contribution in [0.1, 0.15) is 62.1 Å². The number of amides is 1. The Balaban J connectivity index is 1.32. The maximum absolute atomic E-state index is 12.7. The maximum Gasteiger partial charge on any atom is 0.261 e. The summed E-state index contributed by atoms with van der Waals surface area (Å²) in [5, 5.41) is 18.3. The molecule has 4 rings (SSSR count). The molecule has 9 heteroatoms. The molecular formula is C32H40N4O4S. The first-order valence-electron chi connectivity index (χ1n) is 14.1. The van der Waals surface area contributed by atoms with Crippen LogP contribution in [-0.2, 0) is 16.6 Å². The van der Waals surface area contributed by atoms with Crippen LogP contribution in [0.5, 0.6) is 0 Å². The lowest BCUT2D eigenvalue weighted by atomic mass is 9.99. The Hall–Kier alpha value is -3.66. The highest BCUT2D eigenvalue weighted by Gasteiger charge is 2.21. The number of carbonyl (C=O) groups excluding carboxylic acids is 1. The summed E-state index contributed by atoms with van der Waals surface area (Å²) in [6.45, 7) is 8.04. The number of carbonyl (C=O) groups is 1. The Morgan fingerprint density at radius 3 is 2.54 bits per heavy atom. The highest BCUT2D eigenvalue weighted by atomic mass is 32.2. The number of fused-ring (bicyclic) bond motifs is 1. The smallest absolute Gasteiger partial charge is 0.261 e. The van der Waals surface area contributed by atoms with Crippen molar-refractivity contribution in [3.63, 3.8) is 0 Å². The van der Waals surface area contributed by atoms with Crippen LogP contribution in [0.3, 0.4) is 0 Å². The fraction of sp³-hybridized carbons (Fsp3) is 0.344. The number of sulfonamides is 1. The summed E-state index contributed by atoms with van der Waals surface area (Å²) in [5.41, 5.74) is 2.47. The minimum Gasteiger partial charge on any atom is -0.387 e. The third kappa shape index (κ3) is 8.19. The third-order valence-electron chi connectivity index (χ3n) is 7.18. The van der Waals surface area contributed by atoms with Gasteiger partial charge in [-0.25, -0.2) is 8.42 Å². The number of anilines is 1. The van der Waals surface area contributed by atoms with Crippen LogP contribution in [0.4, 0.5) is 5.69 Å². The van der Waals surface area contributed by atoms with Gasteiger partial charge in [-0.1, -0.05) is 43.7 Å². The van der Waals surface area contributed by atoms with Crippen molar-refractivity contribution in [2.24, 2.45) is 0 Å². The van der Waals surface area contributed by atoms with Gasteiger partial charge in [0.1, 0.15) is 0 Å². The summed E-state index contributed by atoms with van der Waals surface area (Å²) in [6, 6.07) is 22.8. The van der Waals surface area contributed by atoms with Gasteiger partial charge >= 0.3 is 0 Å². The summed E-state index contributed by atoms with van der Waals surface area (Å²) in [4.78, 5) is 12.6. The zero-order valence-corrected chi connectivity index (χ0v) is 24.7. The molecule has 8 nitrogen and oxygen atoms in total. The van der Waals surface area contributed by atoms with Crippen LogP contribution in [0, 0.1) is 0 Å². The van der Waals surface area contributed by atoms with Gasteiger partial charge in [-0.2, -0.15) is 0 Å². The molecule has 1 atom stereocenters. The standard InChI is InChI=1S/C32H40N4O4S/c1-4-5-18-33-31(38)26-14-15-29-24(21-26)16-19-36(29)20-17-32(2,3)34-23-30(37)25-10-9-11-27(22-25)35-41(39,40)28-12-7-6-8-13-28/h6-16,19,21-22,30,34-35,37H,4-5,17-18,20,23H2,1-3H3,(H,33,38)/t30-/m0/s1. The van der Waals surface area contributed by atoms with E-state index >= 15 is 0 Å². The predicted molar refractivity (Wildman–Crippen MR) is 165 cm³/mol. The second-order valence-electron chi connectivity index (χ2n) is 11.0. The van der Waals surface area contributed by atoms with Gasteiger partial charge in [0, 0.05) is 53.5 Å². The van der Waals surface area contributed by atoms with Crippen molar-refractivity contribution in [1.29, 1.82) is 0 Å². The number of rotatable bonds is 14. The Kier molecular flexibility index (Phi) is 9.86. The molecule has 0 saturated carbocycles. The van der Waals surface area contributed by atoms with Crippen LogP contribution < -0.4 is 15.4 Å². The molecule has 0 unspecified atom stereocenters. The van der Waals surface area contributed by atoms with Gasteiger partial charge in [0.15, 0.2) is 0 Å².